The van der Waals surface area contributed by atoms with Crippen LogP contribution in [0, 0.1) is 28.5 Å². The average molecular weight is 381 g/mol. The maximum Gasteiger partial charge on any atom is 0.133 e. The van der Waals surface area contributed by atoms with Crippen LogP contribution in [0.5, 0.6) is 5.75 Å². The lowest BCUT2D eigenvalue weighted by Gasteiger charge is -2.66. The van der Waals surface area contributed by atoms with E-state index in [0.717, 1.165) is 30.7 Å². The van der Waals surface area contributed by atoms with Gasteiger partial charge < -0.3 is 5.11 Å². The van der Waals surface area contributed by atoms with E-state index in [-0.39, 0.29) is 17.0 Å². The van der Waals surface area contributed by atoms with Crippen molar-refractivity contribution in [1.29, 1.82) is 0 Å². The number of benzene rings is 1. The molecule has 0 amide bonds. The first-order valence-electron chi connectivity index (χ1n) is 8.85. The van der Waals surface area contributed by atoms with Crippen LogP contribution in [0.15, 0.2) is 16.6 Å². The van der Waals surface area contributed by atoms with Crippen LogP contribution in [0.2, 0.25) is 0 Å². The van der Waals surface area contributed by atoms with Crippen molar-refractivity contribution < 1.29 is 9.50 Å². The number of phenols is 1. The Labute approximate surface area is 146 Å². The number of hydrogen-bond donors (Lipinski definition) is 1. The lowest BCUT2D eigenvalue weighted by molar-refractivity contribution is -0.127. The van der Waals surface area contributed by atoms with Crippen LogP contribution in [0.1, 0.15) is 64.9 Å². The summed E-state index contributed by atoms with van der Waals surface area (Å²) in [5, 5.41) is 10.7. The van der Waals surface area contributed by atoms with Crippen LogP contribution >= 0.6 is 15.9 Å². The zero-order valence-electron chi connectivity index (χ0n) is 14.3. The molecule has 23 heavy (non-hydrogen) atoms. The van der Waals surface area contributed by atoms with Gasteiger partial charge in [-0.2, -0.15) is 0 Å². The molecule has 3 heteroatoms. The summed E-state index contributed by atoms with van der Waals surface area (Å²) in [7, 11) is 0. The second-order valence-corrected chi connectivity index (χ2v) is 10.2. The van der Waals surface area contributed by atoms with Crippen LogP contribution in [0.25, 0.3) is 0 Å². The maximum absolute atomic E-state index is 14.1. The quantitative estimate of drug-likeness (QED) is 0.616. The van der Waals surface area contributed by atoms with E-state index in [1.165, 1.54) is 25.3 Å². The lowest BCUT2D eigenvalue weighted by Crippen LogP contribution is -2.58. The monoisotopic (exact) mass is 380 g/mol. The number of hydrogen-bond acceptors (Lipinski definition) is 1. The molecule has 1 aromatic carbocycles. The summed E-state index contributed by atoms with van der Waals surface area (Å²) in [6.45, 7) is 7.23. The molecule has 0 aromatic heterocycles. The second-order valence-electron chi connectivity index (χ2n) is 9.39. The van der Waals surface area contributed by atoms with Crippen molar-refractivity contribution in [3.05, 3.63) is 28.0 Å². The number of phenolic OH excluding ortho intramolecular Hbond substituents is 1. The van der Waals surface area contributed by atoms with Gasteiger partial charge in [-0.3, -0.25) is 0 Å². The van der Waals surface area contributed by atoms with Crippen LogP contribution in [-0.4, -0.2) is 5.11 Å². The van der Waals surface area contributed by atoms with E-state index < -0.39 is 0 Å². The van der Waals surface area contributed by atoms with E-state index in [9.17, 15) is 9.50 Å². The Bertz CT molecular complexity index is 670. The molecule has 0 saturated heterocycles. The van der Waals surface area contributed by atoms with Gasteiger partial charge in [0.2, 0.25) is 0 Å². The first-order valence-corrected chi connectivity index (χ1v) is 9.64. The summed E-state index contributed by atoms with van der Waals surface area (Å²) in [5.74, 6) is 1.42. The molecule has 0 radical (unpaired) electrons. The molecule has 1 aromatic rings. The van der Waals surface area contributed by atoms with E-state index in [4.69, 9.17) is 0 Å². The Kier molecular flexibility index (Phi) is 3.28. The summed E-state index contributed by atoms with van der Waals surface area (Å²) in [5.41, 5.74) is 1.42. The predicted octanol–water partition coefficient (Wildman–Crippen LogP) is 6.18. The third-order valence-corrected chi connectivity index (χ3v) is 7.90. The number of fused-ring (bicyclic) bond motifs is 2. The Morgan fingerprint density at radius 3 is 2.70 bits per heavy atom. The van der Waals surface area contributed by atoms with Crippen molar-refractivity contribution in [3.8, 4) is 5.75 Å². The van der Waals surface area contributed by atoms with Crippen molar-refractivity contribution in [1.82, 2.24) is 0 Å². The first-order chi connectivity index (χ1) is 10.7. The molecule has 3 saturated carbocycles. The molecule has 3 bridgehead atoms. The van der Waals surface area contributed by atoms with Gasteiger partial charge in [0.15, 0.2) is 0 Å². The van der Waals surface area contributed by atoms with Gasteiger partial charge in [0, 0.05) is 11.0 Å². The Hall–Kier alpha value is -0.570. The van der Waals surface area contributed by atoms with E-state index in [0.29, 0.717) is 21.2 Å². The highest BCUT2D eigenvalue weighted by atomic mass is 79.9. The van der Waals surface area contributed by atoms with Crippen molar-refractivity contribution in [3.63, 3.8) is 0 Å². The highest BCUT2D eigenvalue weighted by molar-refractivity contribution is 9.10. The fraction of sp³-hybridized carbons (Fsp3) is 0.700. The molecule has 4 rings (SSSR count). The SMILES string of the molecule is CC1CC2(c3cc(F)cc(Br)c3O)CC3(C)CCC1C(C)(C3)C2. The molecule has 3 fully saturated rings. The molecule has 3 aliphatic carbocycles. The molecule has 3 aliphatic rings. The Morgan fingerprint density at radius 2 is 1.96 bits per heavy atom. The molecule has 0 aliphatic heterocycles. The summed E-state index contributed by atoms with van der Waals surface area (Å²) in [4.78, 5) is 0. The number of rotatable bonds is 1. The third-order valence-electron chi connectivity index (χ3n) is 7.29. The number of halogens is 2. The molecular formula is C20H26BrFO. The molecule has 0 spiro atoms. The zero-order chi connectivity index (χ0) is 16.6. The summed E-state index contributed by atoms with van der Waals surface area (Å²) in [6, 6.07) is 2.97. The lowest BCUT2D eigenvalue weighted by atomic mass is 9.38. The molecule has 0 heterocycles. The van der Waals surface area contributed by atoms with Gasteiger partial charge in [0.1, 0.15) is 11.6 Å². The smallest absolute Gasteiger partial charge is 0.133 e. The minimum absolute atomic E-state index is 0.0766. The van der Waals surface area contributed by atoms with Crippen LogP contribution in [0.3, 0.4) is 0 Å². The fourth-order valence-corrected chi connectivity index (χ4v) is 7.62. The van der Waals surface area contributed by atoms with Gasteiger partial charge in [0.05, 0.1) is 4.47 Å². The molecule has 1 nitrogen and oxygen atoms in total. The highest BCUT2D eigenvalue weighted by Crippen LogP contribution is 2.70. The summed E-state index contributed by atoms with van der Waals surface area (Å²) < 4.78 is 14.6. The van der Waals surface area contributed by atoms with Crippen molar-refractivity contribution in [2.45, 2.75) is 64.7 Å². The highest BCUT2D eigenvalue weighted by Gasteiger charge is 2.61. The van der Waals surface area contributed by atoms with Crippen molar-refractivity contribution in [2.24, 2.45) is 22.7 Å². The molecule has 1 N–H and O–H groups in total. The largest absolute Gasteiger partial charge is 0.506 e. The third kappa shape index (κ3) is 2.22. The Balaban J connectivity index is 1.90. The van der Waals surface area contributed by atoms with Crippen LogP contribution < -0.4 is 0 Å². The van der Waals surface area contributed by atoms with Gasteiger partial charge in [0.25, 0.3) is 0 Å². The Morgan fingerprint density at radius 1 is 1.22 bits per heavy atom. The normalized spacial score (nSPS) is 45.3. The molecule has 5 atom stereocenters. The summed E-state index contributed by atoms with van der Waals surface area (Å²) in [6.07, 6.45) is 7.14. The van der Waals surface area contributed by atoms with Crippen molar-refractivity contribution >= 4 is 15.9 Å². The zero-order valence-corrected chi connectivity index (χ0v) is 15.8. The maximum atomic E-state index is 14.1. The fourth-order valence-electron chi connectivity index (χ4n) is 7.19. The van der Waals surface area contributed by atoms with Crippen molar-refractivity contribution in [2.75, 3.05) is 0 Å². The van der Waals surface area contributed by atoms with Gasteiger partial charge in [-0.15, -0.1) is 0 Å². The summed E-state index contributed by atoms with van der Waals surface area (Å²) >= 11 is 3.34. The minimum atomic E-state index is -0.250. The van der Waals surface area contributed by atoms with E-state index in [2.05, 4.69) is 36.7 Å². The second kappa shape index (κ2) is 4.74. The average Bonchev–Trinajstić information content (AvgIpc) is 2.39. The molecular weight excluding hydrogens is 355 g/mol. The van der Waals surface area contributed by atoms with Crippen LogP contribution in [-0.2, 0) is 5.41 Å². The van der Waals surface area contributed by atoms with E-state index >= 15 is 0 Å². The number of aromatic hydroxyl groups is 1. The molecule has 126 valence electrons. The molecule has 5 unspecified atom stereocenters. The van der Waals surface area contributed by atoms with Gasteiger partial charge >= 0.3 is 0 Å². The van der Waals surface area contributed by atoms with Crippen LogP contribution in [0.4, 0.5) is 4.39 Å². The van der Waals surface area contributed by atoms with Gasteiger partial charge in [-0.05, 0) is 89.3 Å². The minimum Gasteiger partial charge on any atom is -0.506 e. The van der Waals surface area contributed by atoms with E-state index in [1.807, 2.05) is 0 Å². The predicted molar refractivity (Wildman–Crippen MR) is 94.0 cm³/mol. The standard InChI is InChI=1S/C20H26BrFO/c1-12-8-20(15-6-13(22)7-16(21)17(15)23)10-18(2)5-4-14(12)19(3,9-18)11-20/h6-7,12,14,23H,4-5,8-11H2,1-3H3. The topological polar surface area (TPSA) is 20.2 Å². The van der Waals surface area contributed by atoms with Gasteiger partial charge in [-0.25, -0.2) is 4.39 Å². The van der Waals surface area contributed by atoms with Gasteiger partial charge in [-0.1, -0.05) is 20.8 Å². The van der Waals surface area contributed by atoms with E-state index in [1.54, 1.807) is 6.07 Å². The first kappa shape index (κ1) is 15.9.